The summed E-state index contributed by atoms with van der Waals surface area (Å²) < 4.78 is 0. The molecule has 1 aliphatic heterocycles. The molecule has 2 amide bonds. The Labute approximate surface area is 109 Å². The molecule has 2 rings (SSSR count). The molecule has 1 saturated heterocycles. The third kappa shape index (κ3) is 2.54. The van der Waals surface area contributed by atoms with Crippen LogP contribution in [0, 0.1) is 6.92 Å². The highest BCUT2D eigenvalue weighted by Gasteiger charge is 2.36. The van der Waals surface area contributed by atoms with E-state index in [1.807, 2.05) is 0 Å². The number of aliphatic carboxylic acids is 1. The summed E-state index contributed by atoms with van der Waals surface area (Å²) in [7, 11) is 0. The number of piperazine rings is 1. The van der Waals surface area contributed by atoms with Crippen molar-refractivity contribution in [1.82, 2.24) is 15.2 Å². The fourth-order valence-electron chi connectivity index (χ4n) is 1.92. The molecule has 1 aromatic rings. The summed E-state index contributed by atoms with van der Waals surface area (Å²) in [6.07, 6.45) is 1.46. The Morgan fingerprint density at radius 2 is 2.26 bits per heavy atom. The van der Waals surface area contributed by atoms with Gasteiger partial charge in [-0.25, -0.2) is 4.79 Å². The average Bonchev–Trinajstić information content (AvgIpc) is 2.38. The molecule has 0 aromatic carbocycles. The lowest BCUT2D eigenvalue weighted by Crippen LogP contribution is -2.59. The Morgan fingerprint density at radius 1 is 1.53 bits per heavy atom. The van der Waals surface area contributed by atoms with Crippen LogP contribution in [0.2, 0.25) is 0 Å². The lowest BCUT2D eigenvalue weighted by molar-refractivity contribution is -0.144. The smallest absolute Gasteiger partial charge is 0.328 e. The van der Waals surface area contributed by atoms with Crippen molar-refractivity contribution >= 4 is 17.8 Å². The number of rotatable bonds is 2. The molecular formula is C12H13N3O4. The van der Waals surface area contributed by atoms with E-state index in [9.17, 15) is 14.4 Å². The minimum Gasteiger partial charge on any atom is -0.480 e. The van der Waals surface area contributed by atoms with Crippen LogP contribution in [0.15, 0.2) is 18.3 Å². The van der Waals surface area contributed by atoms with E-state index in [0.717, 1.165) is 4.90 Å². The van der Waals surface area contributed by atoms with Crippen LogP contribution in [0.25, 0.3) is 0 Å². The molecule has 1 unspecified atom stereocenters. The zero-order valence-corrected chi connectivity index (χ0v) is 10.3. The lowest BCUT2D eigenvalue weighted by Gasteiger charge is -2.32. The molecular weight excluding hydrogens is 250 g/mol. The maximum absolute atomic E-state index is 12.3. The number of carboxylic acids is 1. The molecule has 1 aromatic heterocycles. The van der Waals surface area contributed by atoms with Gasteiger partial charge in [-0.1, -0.05) is 6.07 Å². The van der Waals surface area contributed by atoms with Crippen molar-refractivity contribution in [1.29, 1.82) is 0 Å². The van der Waals surface area contributed by atoms with Crippen LogP contribution in [0.3, 0.4) is 0 Å². The number of pyridine rings is 1. The predicted molar refractivity (Wildman–Crippen MR) is 64.4 cm³/mol. The minimum absolute atomic E-state index is 0.0915. The molecule has 0 aliphatic carbocycles. The van der Waals surface area contributed by atoms with Gasteiger partial charge in [-0.15, -0.1) is 0 Å². The number of carbonyl (C=O) groups excluding carboxylic acids is 2. The van der Waals surface area contributed by atoms with Crippen molar-refractivity contribution in [3.8, 4) is 0 Å². The summed E-state index contributed by atoms with van der Waals surface area (Å²) in [5.41, 5.74) is 0.811. The Bertz CT molecular complexity index is 544. The van der Waals surface area contributed by atoms with E-state index in [0.29, 0.717) is 5.56 Å². The molecule has 19 heavy (non-hydrogen) atoms. The number of aryl methyl sites for hydroxylation is 1. The largest absolute Gasteiger partial charge is 0.480 e. The molecule has 2 N–H and O–H groups in total. The Balaban J connectivity index is 2.32. The number of hydrogen-bond acceptors (Lipinski definition) is 4. The van der Waals surface area contributed by atoms with Gasteiger partial charge in [0.25, 0.3) is 5.91 Å². The molecule has 1 aliphatic rings. The van der Waals surface area contributed by atoms with E-state index in [-0.39, 0.29) is 24.7 Å². The van der Waals surface area contributed by atoms with Crippen molar-refractivity contribution in [2.75, 3.05) is 13.1 Å². The second-order valence-corrected chi connectivity index (χ2v) is 4.26. The summed E-state index contributed by atoms with van der Waals surface area (Å²) in [5.74, 6) is -2.07. The second-order valence-electron chi connectivity index (χ2n) is 4.26. The van der Waals surface area contributed by atoms with Crippen LogP contribution < -0.4 is 5.32 Å². The zero-order valence-electron chi connectivity index (χ0n) is 10.3. The van der Waals surface area contributed by atoms with Gasteiger partial charge in [-0.05, 0) is 18.6 Å². The lowest BCUT2D eigenvalue weighted by atomic mass is 10.1. The van der Waals surface area contributed by atoms with Gasteiger partial charge >= 0.3 is 5.97 Å². The fourth-order valence-corrected chi connectivity index (χ4v) is 1.92. The molecule has 7 nitrogen and oxygen atoms in total. The number of carbonyl (C=O) groups is 3. The molecule has 2 heterocycles. The van der Waals surface area contributed by atoms with Gasteiger partial charge in [-0.2, -0.15) is 0 Å². The summed E-state index contributed by atoms with van der Waals surface area (Å²) in [5, 5.41) is 11.5. The number of carboxylic acid groups (broad SMARTS) is 1. The Morgan fingerprint density at radius 3 is 2.89 bits per heavy atom. The van der Waals surface area contributed by atoms with Crippen LogP contribution >= 0.6 is 0 Å². The number of nitrogens with one attached hydrogen (secondary N) is 1. The molecule has 0 bridgehead atoms. The third-order valence-electron chi connectivity index (χ3n) is 2.94. The van der Waals surface area contributed by atoms with Gasteiger partial charge in [0.2, 0.25) is 5.91 Å². The van der Waals surface area contributed by atoms with E-state index in [2.05, 4.69) is 10.3 Å². The van der Waals surface area contributed by atoms with Gasteiger partial charge in [-0.3, -0.25) is 14.6 Å². The van der Waals surface area contributed by atoms with E-state index >= 15 is 0 Å². The van der Waals surface area contributed by atoms with Gasteiger partial charge in [0.05, 0.1) is 0 Å². The number of amides is 2. The fraction of sp³-hybridized carbons (Fsp3) is 0.333. The van der Waals surface area contributed by atoms with E-state index < -0.39 is 17.9 Å². The van der Waals surface area contributed by atoms with Crippen molar-refractivity contribution in [2.45, 2.75) is 13.0 Å². The van der Waals surface area contributed by atoms with Gasteiger partial charge in [0.15, 0.2) is 0 Å². The first-order valence-electron chi connectivity index (χ1n) is 5.73. The van der Waals surface area contributed by atoms with E-state index in [4.69, 9.17) is 5.11 Å². The normalized spacial score (nSPS) is 18.9. The summed E-state index contributed by atoms with van der Waals surface area (Å²) in [6, 6.07) is 2.33. The molecule has 0 radical (unpaired) electrons. The first-order valence-corrected chi connectivity index (χ1v) is 5.73. The minimum atomic E-state index is -1.15. The SMILES string of the molecule is Cc1cccnc1C(=O)N1CC(=O)NCC1C(=O)O. The maximum Gasteiger partial charge on any atom is 0.328 e. The molecule has 0 saturated carbocycles. The molecule has 1 fully saturated rings. The van der Waals surface area contributed by atoms with Crippen LogP contribution in [0.4, 0.5) is 0 Å². The van der Waals surface area contributed by atoms with Crippen molar-refractivity contribution in [2.24, 2.45) is 0 Å². The first kappa shape index (κ1) is 13.0. The standard InChI is InChI=1S/C12H13N3O4/c1-7-3-2-4-13-10(7)11(17)15-6-9(16)14-5-8(15)12(18)19/h2-4,8H,5-6H2,1H3,(H,14,16)(H,18,19). The second kappa shape index (κ2) is 5.05. The highest BCUT2D eigenvalue weighted by Crippen LogP contribution is 2.12. The number of hydrogen-bond donors (Lipinski definition) is 2. The van der Waals surface area contributed by atoms with E-state index in [1.165, 1.54) is 6.20 Å². The number of aromatic nitrogens is 1. The van der Waals surface area contributed by atoms with Crippen LogP contribution in [0.1, 0.15) is 16.1 Å². The molecule has 1 atom stereocenters. The summed E-state index contributed by atoms with van der Waals surface area (Å²) in [6.45, 7) is 1.34. The van der Waals surface area contributed by atoms with Crippen LogP contribution in [0.5, 0.6) is 0 Å². The monoisotopic (exact) mass is 263 g/mol. The number of nitrogens with zero attached hydrogens (tertiary/aromatic N) is 2. The predicted octanol–water partition coefficient (Wildman–Crippen LogP) is -0.585. The molecule has 7 heteroatoms. The molecule has 0 spiro atoms. The maximum atomic E-state index is 12.3. The third-order valence-corrected chi connectivity index (χ3v) is 2.94. The average molecular weight is 263 g/mol. The van der Waals surface area contributed by atoms with E-state index in [1.54, 1.807) is 19.1 Å². The highest BCUT2D eigenvalue weighted by atomic mass is 16.4. The van der Waals surface area contributed by atoms with Crippen molar-refractivity contribution in [3.05, 3.63) is 29.6 Å². The summed E-state index contributed by atoms with van der Waals surface area (Å²) in [4.78, 5) is 39.8. The highest BCUT2D eigenvalue weighted by molar-refractivity contribution is 5.99. The first-order chi connectivity index (χ1) is 9.00. The summed E-state index contributed by atoms with van der Waals surface area (Å²) >= 11 is 0. The quantitative estimate of drug-likeness (QED) is 0.743. The van der Waals surface area contributed by atoms with Gasteiger partial charge < -0.3 is 15.3 Å². The van der Waals surface area contributed by atoms with Crippen molar-refractivity contribution in [3.63, 3.8) is 0 Å². The topological polar surface area (TPSA) is 99.6 Å². The zero-order chi connectivity index (χ0) is 14.0. The van der Waals surface area contributed by atoms with Crippen LogP contribution in [-0.4, -0.2) is 51.9 Å². The van der Waals surface area contributed by atoms with Crippen molar-refractivity contribution < 1.29 is 19.5 Å². The Kier molecular flexibility index (Phi) is 3.46. The van der Waals surface area contributed by atoms with Gasteiger partial charge in [0, 0.05) is 12.7 Å². The van der Waals surface area contributed by atoms with Crippen LogP contribution in [-0.2, 0) is 9.59 Å². The van der Waals surface area contributed by atoms with Gasteiger partial charge in [0.1, 0.15) is 18.3 Å². The molecule has 100 valence electrons. The Hall–Kier alpha value is -2.44.